The van der Waals surface area contributed by atoms with E-state index in [4.69, 9.17) is 5.11 Å². The third-order valence-corrected chi connectivity index (χ3v) is 2.31. The van der Waals surface area contributed by atoms with Gasteiger partial charge in [-0.1, -0.05) is 6.92 Å². The van der Waals surface area contributed by atoms with Gasteiger partial charge in [-0.3, -0.25) is 0 Å². The largest absolute Gasteiger partial charge is 0.478 e. The molecule has 2 rings (SSSR count). The average Bonchev–Trinajstić information content (AvgIpc) is 2.58. The molecule has 2 heterocycles. The minimum Gasteiger partial charge on any atom is -0.478 e. The summed E-state index contributed by atoms with van der Waals surface area (Å²) in [5.41, 5.74) is 2.48. The van der Waals surface area contributed by atoms with Gasteiger partial charge >= 0.3 is 5.97 Å². The monoisotopic (exact) mass is 189 g/mol. The molecule has 0 aliphatic heterocycles. The summed E-state index contributed by atoms with van der Waals surface area (Å²) in [4.78, 5) is 10.7. The summed E-state index contributed by atoms with van der Waals surface area (Å²) in [6, 6.07) is 5.29. The van der Waals surface area contributed by atoms with Crippen LogP contribution < -0.4 is 0 Å². The van der Waals surface area contributed by atoms with Crippen LogP contribution in [0, 0.1) is 0 Å². The van der Waals surface area contributed by atoms with E-state index in [1.807, 2.05) is 16.7 Å². The summed E-state index contributed by atoms with van der Waals surface area (Å²) in [6.07, 6.45) is 4.75. The molecule has 0 aliphatic carbocycles. The number of rotatable bonds is 2. The zero-order valence-corrected chi connectivity index (χ0v) is 7.90. The third-order valence-electron chi connectivity index (χ3n) is 2.31. The first kappa shape index (κ1) is 8.81. The van der Waals surface area contributed by atoms with E-state index >= 15 is 0 Å². The Kier molecular flexibility index (Phi) is 2.00. The molecule has 72 valence electrons. The van der Waals surface area contributed by atoms with Crippen molar-refractivity contribution in [2.75, 3.05) is 0 Å². The van der Waals surface area contributed by atoms with E-state index in [2.05, 4.69) is 6.92 Å². The Bertz CT molecular complexity index is 485. The van der Waals surface area contributed by atoms with Crippen molar-refractivity contribution in [2.24, 2.45) is 0 Å². The van der Waals surface area contributed by atoms with E-state index in [-0.39, 0.29) is 0 Å². The highest BCUT2D eigenvalue weighted by Crippen LogP contribution is 2.12. The predicted octanol–water partition coefficient (Wildman–Crippen LogP) is 2.20. The maximum absolute atomic E-state index is 10.7. The highest BCUT2D eigenvalue weighted by molar-refractivity contribution is 5.89. The quantitative estimate of drug-likeness (QED) is 0.786. The zero-order valence-electron chi connectivity index (χ0n) is 7.90. The van der Waals surface area contributed by atoms with Crippen molar-refractivity contribution in [3.8, 4) is 0 Å². The molecule has 0 radical (unpaired) electrons. The maximum atomic E-state index is 10.7. The van der Waals surface area contributed by atoms with Crippen LogP contribution in [0.25, 0.3) is 5.52 Å². The minimum atomic E-state index is -0.883. The van der Waals surface area contributed by atoms with Gasteiger partial charge in [-0.15, -0.1) is 0 Å². The summed E-state index contributed by atoms with van der Waals surface area (Å²) in [5.74, 6) is -0.883. The molecule has 0 aliphatic rings. The van der Waals surface area contributed by atoms with Crippen LogP contribution in [-0.4, -0.2) is 15.5 Å². The van der Waals surface area contributed by atoms with Gasteiger partial charge < -0.3 is 9.51 Å². The van der Waals surface area contributed by atoms with Gasteiger partial charge in [0.25, 0.3) is 0 Å². The minimum absolute atomic E-state index is 0.332. The fourth-order valence-corrected chi connectivity index (χ4v) is 1.49. The lowest BCUT2D eigenvalue weighted by Gasteiger charge is -1.96. The number of carboxylic acids is 1. The second-order valence-corrected chi connectivity index (χ2v) is 3.25. The molecular weight excluding hydrogens is 178 g/mol. The van der Waals surface area contributed by atoms with Crippen molar-refractivity contribution in [3.05, 3.63) is 41.7 Å². The molecule has 0 spiro atoms. The van der Waals surface area contributed by atoms with Gasteiger partial charge in [0.05, 0.1) is 5.56 Å². The number of nitrogens with zero attached hydrogens (tertiary/aromatic N) is 1. The van der Waals surface area contributed by atoms with E-state index in [9.17, 15) is 4.79 Å². The molecule has 0 amide bonds. The number of aromatic carboxylic acids is 1. The van der Waals surface area contributed by atoms with Crippen molar-refractivity contribution >= 4 is 11.5 Å². The fraction of sp³-hybridized carbons (Fsp3) is 0.182. The van der Waals surface area contributed by atoms with Crippen molar-refractivity contribution < 1.29 is 9.90 Å². The number of fused-ring (bicyclic) bond motifs is 1. The molecule has 0 bridgehead atoms. The van der Waals surface area contributed by atoms with E-state index < -0.39 is 5.97 Å². The number of hydrogen-bond donors (Lipinski definition) is 1. The number of aryl methyl sites for hydroxylation is 1. The number of carboxylic acid groups (broad SMARTS) is 1. The molecule has 3 nitrogen and oxygen atoms in total. The molecule has 0 aromatic carbocycles. The molecule has 3 heteroatoms. The highest BCUT2D eigenvalue weighted by Gasteiger charge is 2.04. The Morgan fingerprint density at radius 3 is 2.93 bits per heavy atom. The number of carbonyl (C=O) groups is 1. The molecule has 0 saturated carbocycles. The number of hydrogen-bond acceptors (Lipinski definition) is 1. The van der Waals surface area contributed by atoms with Gasteiger partial charge in [-0.25, -0.2) is 4.79 Å². The van der Waals surface area contributed by atoms with Crippen LogP contribution in [0.1, 0.15) is 22.8 Å². The van der Waals surface area contributed by atoms with Gasteiger partial charge in [-0.05, 0) is 30.2 Å². The third kappa shape index (κ3) is 1.37. The molecule has 0 atom stereocenters. The number of aromatic nitrogens is 1. The highest BCUT2D eigenvalue weighted by atomic mass is 16.4. The molecule has 14 heavy (non-hydrogen) atoms. The molecule has 2 aromatic heterocycles. The van der Waals surface area contributed by atoms with Crippen LogP contribution in [0.4, 0.5) is 0 Å². The Morgan fingerprint density at radius 1 is 1.50 bits per heavy atom. The summed E-state index contributed by atoms with van der Waals surface area (Å²) in [5, 5.41) is 8.80. The van der Waals surface area contributed by atoms with Crippen molar-refractivity contribution in [1.82, 2.24) is 4.40 Å². The summed E-state index contributed by atoms with van der Waals surface area (Å²) in [6.45, 7) is 2.08. The van der Waals surface area contributed by atoms with E-state index in [0.717, 1.165) is 11.9 Å². The Labute approximate surface area is 81.6 Å². The number of pyridine rings is 1. The van der Waals surface area contributed by atoms with E-state index in [0.29, 0.717) is 5.56 Å². The van der Waals surface area contributed by atoms with Crippen LogP contribution in [0.5, 0.6) is 0 Å². The summed E-state index contributed by atoms with van der Waals surface area (Å²) in [7, 11) is 0. The molecule has 1 N–H and O–H groups in total. The van der Waals surface area contributed by atoms with Crippen LogP contribution in [0.3, 0.4) is 0 Å². The van der Waals surface area contributed by atoms with Crippen molar-refractivity contribution in [1.29, 1.82) is 0 Å². The van der Waals surface area contributed by atoms with E-state index in [1.165, 1.54) is 5.56 Å². The molecular formula is C11H11NO2. The van der Waals surface area contributed by atoms with Gasteiger partial charge in [0, 0.05) is 17.9 Å². The lowest BCUT2D eigenvalue weighted by Crippen LogP contribution is -1.96. The fourth-order valence-electron chi connectivity index (χ4n) is 1.49. The lowest BCUT2D eigenvalue weighted by molar-refractivity contribution is 0.0697. The predicted molar refractivity (Wildman–Crippen MR) is 53.7 cm³/mol. The topological polar surface area (TPSA) is 41.7 Å². The van der Waals surface area contributed by atoms with Crippen LogP contribution >= 0.6 is 0 Å². The zero-order chi connectivity index (χ0) is 10.1. The van der Waals surface area contributed by atoms with Crippen LogP contribution in [-0.2, 0) is 6.42 Å². The van der Waals surface area contributed by atoms with Crippen molar-refractivity contribution in [3.63, 3.8) is 0 Å². The Morgan fingerprint density at radius 2 is 2.29 bits per heavy atom. The first-order valence-corrected chi connectivity index (χ1v) is 4.54. The van der Waals surface area contributed by atoms with Gasteiger partial charge in [-0.2, -0.15) is 0 Å². The van der Waals surface area contributed by atoms with Gasteiger partial charge in [0.15, 0.2) is 0 Å². The first-order chi connectivity index (χ1) is 6.70. The lowest BCUT2D eigenvalue weighted by atomic mass is 10.2. The Hall–Kier alpha value is -1.77. The molecule has 0 saturated heterocycles. The maximum Gasteiger partial charge on any atom is 0.335 e. The summed E-state index contributed by atoms with van der Waals surface area (Å²) < 4.78 is 1.94. The second kappa shape index (κ2) is 3.18. The Balaban J connectivity index is 2.59. The normalized spacial score (nSPS) is 10.6. The van der Waals surface area contributed by atoms with Crippen LogP contribution in [0.15, 0.2) is 30.6 Å². The first-order valence-electron chi connectivity index (χ1n) is 4.54. The smallest absolute Gasteiger partial charge is 0.335 e. The standard InChI is InChI=1S/C11H11NO2/c1-2-8-5-10-6-9(11(13)14)3-4-12(10)7-8/h3-7H,2H2,1H3,(H,13,14). The molecule has 0 fully saturated rings. The second-order valence-electron chi connectivity index (χ2n) is 3.25. The van der Waals surface area contributed by atoms with Gasteiger partial charge in [0.1, 0.15) is 0 Å². The van der Waals surface area contributed by atoms with Gasteiger partial charge in [0.2, 0.25) is 0 Å². The molecule has 2 aromatic rings. The SMILES string of the molecule is CCc1cc2cc(C(=O)O)ccn2c1. The molecule has 0 unspecified atom stereocenters. The van der Waals surface area contributed by atoms with E-state index in [1.54, 1.807) is 18.3 Å². The average molecular weight is 189 g/mol. The van der Waals surface area contributed by atoms with Crippen LogP contribution in [0.2, 0.25) is 0 Å². The van der Waals surface area contributed by atoms with Crippen molar-refractivity contribution in [2.45, 2.75) is 13.3 Å². The summed E-state index contributed by atoms with van der Waals surface area (Å²) >= 11 is 0.